The van der Waals surface area contributed by atoms with Crippen LogP contribution in [0.1, 0.15) is 34.9 Å². The van der Waals surface area contributed by atoms with Crippen LogP contribution in [0.5, 0.6) is 0 Å². The van der Waals surface area contributed by atoms with Gasteiger partial charge in [0, 0.05) is 23.3 Å². The fraction of sp³-hybridized carbons (Fsp3) is 0.267. The van der Waals surface area contributed by atoms with Gasteiger partial charge in [-0.1, -0.05) is 34.1 Å². The van der Waals surface area contributed by atoms with Crippen LogP contribution in [-0.4, -0.2) is 10.5 Å². The lowest BCUT2D eigenvalue weighted by atomic mass is 10.2. The molecule has 1 aliphatic rings. The van der Waals surface area contributed by atoms with Crippen molar-refractivity contribution >= 4 is 21.8 Å². The van der Waals surface area contributed by atoms with Crippen LogP contribution >= 0.6 is 15.9 Å². The molecule has 3 nitrogen and oxygen atoms in total. The molecule has 4 heteroatoms. The minimum atomic E-state index is -0.00680. The first-order valence-electron chi connectivity index (χ1n) is 6.44. The van der Waals surface area contributed by atoms with E-state index in [-0.39, 0.29) is 5.91 Å². The van der Waals surface area contributed by atoms with E-state index in [2.05, 4.69) is 25.8 Å². The highest BCUT2D eigenvalue weighted by Gasteiger charge is 2.26. The van der Waals surface area contributed by atoms with E-state index in [0.29, 0.717) is 12.6 Å². The molecule has 2 aromatic rings. The Hall–Kier alpha value is -1.55. The fourth-order valence-corrected chi connectivity index (χ4v) is 2.59. The number of carbonyl (C=O) groups is 1. The fourth-order valence-electron chi connectivity index (χ4n) is 2.17. The molecule has 0 radical (unpaired) electrons. The molecule has 1 N–H and O–H groups in total. The van der Waals surface area contributed by atoms with Crippen LogP contribution in [0, 0.1) is 0 Å². The lowest BCUT2D eigenvalue weighted by molar-refractivity contribution is 0.0941. The molecule has 0 saturated heterocycles. The Bertz CT molecular complexity index is 602. The maximum Gasteiger partial charge on any atom is 0.268 e. The number of halogens is 1. The van der Waals surface area contributed by atoms with Crippen molar-refractivity contribution in [3.05, 3.63) is 58.3 Å². The number of nitrogens with zero attached hydrogens (tertiary/aromatic N) is 1. The Morgan fingerprint density at radius 2 is 2.05 bits per heavy atom. The van der Waals surface area contributed by atoms with Crippen molar-refractivity contribution in [3.8, 4) is 0 Å². The normalized spacial score (nSPS) is 14.4. The van der Waals surface area contributed by atoms with Crippen LogP contribution in [0.25, 0.3) is 0 Å². The first-order valence-corrected chi connectivity index (χ1v) is 7.23. The molecule has 19 heavy (non-hydrogen) atoms. The summed E-state index contributed by atoms with van der Waals surface area (Å²) in [4.78, 5) is 12.2. The van der Waals surface area contributed by atoms with E-state index in [1.54, 1.807) is 0 Å². The van der Waals surface area contributed by atoms with Crippen LogP contribution in [0.4, 0.5) is 0 Å². The highest BCUT2D eigenvalue weighted by Crippen LogP contribution is 2.35. The summed E-state index contributed by atoms with van der Waals surface area (Å²) in [5.74, 6) is -0.00680. The zero-order valence-corrected chi connectivity index (χ0v) is 12.1. The van der Waals surface area contributed by atoms with E-state index in [1.807, 2.05) is 42.6 Å². The lowest BCUT2D eigenvalue weighted by Crippen LogP contribution is -2.25. The van der Waals surface area contributed by atoms with Crippen LogP contribution < -0.4 is 5.32 Å². The van der Waals surface area contributed by atoms with E-state index >= 15 is 0 Å². The summed E-state index contributed by atoms with van der Waals surface area (Å²) >= 11 is 3.49. The van der Waals surface area contributed by atoms with Crippen molar-refractivity contribution in [2.45, 2.75) is 25.4 Å². The number of amides is 1. The molecule has 98 valence electrons. The summed E-state index contributed by atoms with van der Waals surface area (Å²) in [5, 5.41) is 2.98. The predicted molar refractivity (Wildman–Crippen MR) is 78.0 cm³/mol. The van der Waals surface area contributed by atoms with Crippen LogP contribution in [-0.2, 0) is 6.54 Å². The van der Waals surface area contributed by atoms with Crippen molar-refractivity contribution in [1.29, 1.82) is 0 Å². The number of carbonyl (C=O) groups excluding carboxylic acids is 1. The monoisotopic (exact) mass is 318 g/mol. The number of nitrogens with one attached hydrogen (secondary N) is 1. The zero-order valence-electron chi connectivity index (χ0n) is 10.5. The molecule has 0 aliphatic heterocycles. The minimum absolute atomic E-state index is 0.00680. The molecule has 1 fully saturated rings. The van der Waals surface area contributed by atoms with Gasteiger partial charge in [-0.15, -0.1) is 0 Å². The summed E-state index contributed by atoms with van der Waals surface area (Å²) in [6, 6.07) is 12.3. The minimum Gasteiger partial charge on any atom is -0.347 e. The van der Waals surface area contributed by atoms with Gasteiger partial charge in [0.2, 0.25) is 0 Å². The molecule has 1 amide bonds. The summed E-state index contributed by atoms with van der Waals surface area (Å²) < 4.78 is 3.10. The predicted octanol–water partition coefficient (Wildman–Crippen LogP) is 3.52. The largest absolute Gasteiger partial charge is 0.347 e. The second-order valence-electron chi connectivity index (χ2n) is 4.81. The van der Waals surface area contributed by atoms with Gasteiger partial charge >= 0.3 is 0 Å². The highest BCUT2D eigenvalue weighted by molar-refractivity contribution is 9.10. The second-order valence-corrected chi connectivity index (χ2v) is 5.66. The Morgan fingerprint density at radius 1 is 1.26 bits per heavy atom. The third-order valence-corrected chi connectivity index (χ3v) is 4.12. The molecule has 1 saturated carbocycles. The highest BCUT2D eigenvalue weighted by atomic mass is 79.9. The van der Waals surface area contributed by atoms with Gasteiger partial charge in [-0.2, -0.15) is 0 Å². The van der Waals surface area contributed by atoms with Crippen molar-refractivity contribution in [3.63, 3.8) is 0 Å². The molecule has 1 aliphatic carbocycles. The standard InChI is InChI=1S/C15H15BrN2O/c16-13-5-2-1-4-11(13)10-17-15(19)14-6-3-9-18(14)12-7-8-12/h1-6,9,12H,7-8,10H2,(H,17,19). The second kappa shape index (κ2) is 5.21. The maximum atomic E-state index is 12.2. The van der Waals surface area contributed by atoms with Gasteiger partial charge in [-0.05, 0) is 36.6 Å². The van der Waals surface area contributed by atoms with Crippen molar-refractivity contribution in [1.82, 2.24) is 9.88 Å². The van der Waals surface area contributed by atoms with Crippen molar-refractivity contribution < 1.29 is 4.79 Å². The molecule has 0 bridgehead atoms. The maximum absolute atomic E-state index is 12.2. The third kappa shape index (κ3) is 2.73. The first-order chi connectivity index (χ1) is 9.25. The Kier molecular flexibility index (Phi) is 3.42. The van der Waals surface area contributed by atoms with Crippen molar-refractivity contribution in [2.24, 2.45) is 0 Å². The van der Waals surface area contributed by atoms with E-state index in [4.69, 9.17) is 0 Å². The number of aromatic nitrogens is 1. The molecular formula is C15H15BrN2O. The van der Waals surface area contributed by atoms with Crippen LogP contribution in [0.2, 0.25) is 0 Å². The SMILES string of the molecule is O=C(NCc1ccccc1Br)c1cccn1C1CC1. The molecule has 1 aromatic carbocycles. The quantitative estimate of drug-likeness (QED) is 0.919. The summed E-state index contributed by atoms with van der Waals surface area (Å²) in [6.07, 6.45) is 4.35. The topological polar surface area (TPSA) is 34.0 Å². The molecule has 1 heterocycles. The Morgan fingerprint density at radius 3 is 2.79 bits per heavy atom. The van der Waals surface area contributed by atoms with E-state index in [0.717, 1.165) is 15.7 Å². The van der Waals surface area contributed by atoms with Crippen LogP contribution in [0.15, 0.2) is 47.1 Å². The molecule has 0 atom stereocenters. The zero-order chi connectivity index (χ0) is 13.2. The molecule has 0 spiro atoms. The molecule has 3 rings (SSSR count). The van der Waals surface area contributed by atoms with Gasteiger partial charge in [0.05, 0.1) is 0 Å². The number of rotatable bonds is 4. The van der Waals surface area contributed by atoms with Crippen molar-refractivity contribution in [2.75, 3.05) is 0 Å². The molecule has 0 unspecified atom stereocenters. The van der Waals surface area contributed by atoms with E-state index < -0.39 is 0 Å². The number of hydrogen-bond acceptors (Lipinski definition) is 1. The Labute approximate surface area is 120 Å². The number of benzene rings is 1. The van der Waals surface area contributed by atoms with Gasteiger partial charge in [0.15, 0.2) is 0 Å². The van der Waals surface area contributed by atoms with Crippen LogP contribution in [0.3, 0.4) is 0 Å². The number of hydrogen-bond donors (Lipinski definition) is 1. The molecule has 1 aromatic heterocycles. The lowest BCUT2D eigenvalue weighted by Gasteiger charge is -2.09. The van der Waals surface area contributed by atoms with Gasteiger partial charge in [0.1, 0.15) is 5.69 Å². The van der Waals surface area contributed by atoms with E-state index in [9.17, 15) is 4.79 Å². The average Bonchev–Trinajstić information content (AvgIpc) is 3.15. The molecular weight excluding hydrogens is 304 g/mol. The van der Waals surface area contributed by atoms with Gasteiger partial charge in [-0.3, -0.25) is 4.79 Å². The van der Waals surface area contributed by atoms with Gasteiger partial charge in [0.25, 0.3) is 5.91 Å². The smallest absolute Gasteiger partial charge is 0.268 e. The Balaban J connectivity index is 1.68. The first kappa shape index (κ1) is 12.5. The van der Waals surface area contributed by atoms with E-state index in [1.165, 1.54) is 12.8 Å². The average molecular weight is 319 g/mol. The van der Waals surface area contributed by atoms with Gasteiger partial charge in [-0.25, -0.2) is 0 Å². The summed E-state index contributed by atoms with van der Waals surface area (Å²) in [7, 11) is 0. The summed E-state index contributed by atoms with van der Waals surface area (Å²) in [6.45, 7) is 0.538. The van der Waals surface area contributed by atoms with Gasteiger partial charge < -0.3 is 9.88 Å². The summed E-state index contributed by atoms with van der Waals surface area (Å²) in [5.41, 5.74) is 1.84. The third-order valence-electron chi connectivity index (χ3n) is 3.35.